The van der Waals surface area contributed by atoms with E-state index in [0.717, 1.165) is 12.1 Å². The van der Waals surface area contributed by atoms with Gasteiger partial charge in [0.25, 0.3) is 10.0 Å². The van der Waals surface area contributed by atoms with Crippen molar-refractivity contribution in [2.45, 2.75) is 30.8 Å². The number of rotatable bonds is 4. The van der Waals surface area contributed by atoms with Crippen LogP contribution >= 0.6 is 0 Å². The molecule has 0 atom stereocenters. The van der Waals surface area contributed by atoms with Gasteiger partial charge in [0.1, 0.15) is 0 Å². The van der Waals surface area contributed by atoms with E-state index in [-0.39, 0.29) is 21.9 Å². The summed E-state index contributed by atoms with van der Waals surface area (Å²) in [5.41, 5.74) is -0.551. The van der Waals surface area contributed by atoms with Crippen molar-refractivity contribution in [3.63, 3.8) is 0 Å². The van der Waals surface area contributed by atoms with Crippen LogP contribution in [-0.4, -0.2) is 29.1 Å². The largest absolute Gasteiger partial charge is 0.416 e. The fourth-order valence-corrected chi connectivity index (χ4v) is 6.05. The van der Waals surface area contributed by atoms with Crippen LogP contribution in [0.15, 0.2) is 47.4 Å². The molecule has 1 heterocycles. The van der Waals surface area contributed by atoms with Crippen LogP contribution in [0.2, 0.25) is 0 Å². The lowest BCUT2D eigenvalue weighted by Gasteiger charge is -2.28. The van der Waals surface area contributed by atoms with Crippen molar-refractivity contribution >= 4 is 31.4 Å². The first-order valence-corrected chi connectivity index (χ1v) is 11.8. The van der Waals surface area contributed by atoms with Gasteiger partial charge in [0.15, 0.2) is 0 Å². The second-order valence-electron chi connectivity index (χ2n) is 6.73. The van der Waals surface area contributed by atoms with E-state index < -0.39 is 31.8 Å². The third-order valence-corrected chi connectivity index (χ3v) is 7.94. The van der Waals surface area contributed by atoms with Crippen LogP contribution in [0, 0.1) is 6.92 Å². The van der Waals surface area contributed by atoms with E-state index >= 15 is 0 Å². The summed E-state index contributed by atoms with van der Waals surface area (Å²) in [6, 6.07) is 7.97. The van der Waals surface area contributed by atoms with E-state index in [1.807, 2.05) is 0 Å². The molecule has 6 nitrogen and oxygen atoms in total. The number of hydrogen-bond donors (Lipinski definition) is 1. The summed E-state index contributed by atoms with van der Waals surface area (Å²) in [4.78, 5) is -0.145. The molecule has 0 aliphatic carbocycles. The summed E-state index contributed by atoms with van der Waals surface area (Å²) in [6.45, 7) is 1.82. The summed E-state index contributed by atoms with van der Waals surface area (Å²) < 4.78 is 91.7. The highest BCUT2D eigenvalue weighted by atomic mass is 32.2. The monoisotopic (exact) mass is 448 g/mol. The standard InChI is InChI=1S/C18H19F3N2O4S2/c1-13-11-16(23-9-2-3-10-28(23,24)25)7-8-17(13)29(26,27)22-15-6-4-5-14(12-15)18(19,20)21/h4-8,11-12,22H,2-3,9-10H2,1H3. The third kappa shape index (κ3) is 4.67. The molecule has 0 bridgehead atoms. The zero-order valence-electron chi connectivity index (χ0n) is 15.4. The van der Waals surface area contributed by atoms with Gasteiger partial charge in [-0.2, -0.15) is 13.2 Å². The van der Waals surface area contributed by atoms with Crippen LogP contribution in [-0.2, 0) is 26.2 Å². The summed E-state index contributed by atoms with van der Waals surface area (Å²) in [7, 11) is -7.62. The highest BCUT2D eigenvalue weighted by Crippen LogP contribution is 2.32. The number of benzene rings is 2. The highest BCUT2D eigenvalue weighted by Gasteiger charge is 2.31. The number of hydrogen-bond acceptors (Lipinski definition) is 4. The van der Waals surface area contributed by atoms with Crippen LogP contribution in [0.5, 0.6) is 0 Å². The SMILES string of the molecule is Cc1cc(N2CCCCS2(=O)=O)ccc1S(=O)(=O)Nc1cccc(C(F)(F)F)c1. The molecule has 0 amide bonds. The number of anilines is 2. The van der Waals surface area contributed by atoms with Crippen molar-refractivity contribution in [3.8, 4) is 0 Å². The minimum Gasteiger partial charge on any atom is -0.280 e. The van der Waals surface area contributed by atoms with Crippen LogP contribution in [0.25, 0.3) is 0 Å². The predicted molar refractivity (Wildman–Crippen MR) is 104 cm³/mol. The lowest BCUT2D eigenvalue weighted by atomic mass is 10.2. The molecule has 1 fully saturated rings. The van der Waals surface area contributed by atoms with Crippen LogP contribution in [0.4, 0.5) is 24.5 Å². The topological polar surface area (TPSA) is 83.6 Å². The maximum absolute atomic E-state index is 12.8. The molecule has 1 aliphatic heterocycles. The Labute approximate surface area is 167 Å². The summed E-state index contributed by atoms with van der Waals surface area (Å²) >= 11 is 0. The molecule has 2 aromatic rings. The Hall–Kier alpha value is -2.27. The summed E-state index contributed by atoms with van der Waals surface area (Å²) in [5.74, 6) is 0.0310. The molecule has 1 aliphatic rings. The number of aryl methyl sites for hydroxylation is 1. The van der Waals surface area contributed by atoms with Gasteiger partial charge in [-0.1, -0.05) is 6.07 Å². The maximum atomic E-state index is 12.8. The maximum Gasteiger partial charge on any atom is 0.416 e. The van der Waals surface area contributed by atoms with Gasteiger partial charge in [0.2, 0.25) is 10.0 Å². The van der Waals surface area contributed by atoms with Gasteiger partial charge in [-0.05, 0) is 61.7 Å². The average molecular weight is 448 g/mol. The van der Waals surface area contributed by atoms with Crippen molar-refractivity contribution in [2.24, 2.45) is 0 Å². The number of halogens is 3. The molecule has 2 aromatic carbocycles. The van der Waals surface area contributed by atoms with Crippen LogP contribution in [0.3, 0.4) is 0 Å². The molecule has 29 heavy (non-hydrogen) atoms. The minimum atomic E-state index is -4.60. The van der Waals surface area contributed by atoms with Gasteiger partial charge >= 0.3 is 6.18 Å². The number of alkyl halides is 3. The second kappa shape index (κ2) is 7.52. The molecule has 158 valence electrons. The molecule has 0 unspecified atom stereocenters. The average Bonchev–Trinajstić information content (AvgIpc) is 2.60. The normalized spacial score (nSPS) is 17.2. The highest BCUT2D eigenvalue weighted by molar-refractivity contribution is 7.93. The number of nitrogens with one attached hydrogen (secondary N) is 1. The molecule has 1 N–H and O–H groups in total. The second-order valence-corrected chi connectivity index (χ2v) is 10.4. The molecule has 0 saturated carbocycles. The Morgan fingerprint density at radius 2 is 1.79 bits per heavy atom. The smallest absolute Gasteiger partial charge is 0.280 e. The van der Waals surface area contributed by atoms with Gasteiger partial charge in [0, 0.05) is 12.2 Å². The first-order valence-electron chi connectivity index (χ1n) is 8.71. The van der Waals surface area contributed by atoms with Crippen LogP contribution in [0.1, 0.15) is 24.0 Å². The Morgan fingerprint density at radius 1 is 1.07 bits per heavy atom. The van der Waals surface area contributed by atoms with E-state index in [9.17, 15) is 30.0 Å². The fourth-order valence-electron chi connectivity index (χ4n) is 3.14. The zero-order chi connectivity index (χ0) is 21.4. The van der Waals surface area contributed by atoms with Crippen molar-refractivity contribution in [1.29, 1.82) is 0 Å². The van der Waals surface area contributed by atoms with Gasteiger partial charge in [-0.15, -0.1) is 0 Å². The first kappa shape index (κ1) is 21.4. The lowest BCUT2D eigenvalue weighted by Crippen LogP contribution is -2.37. The van der Waals surface area contributed by atoms with E-state index in [1.54, 1.807) is 0 Å². The molecular formula is C18H19F3N2O4S2. The van der Waals surface area contributed by atoms with E-state index in [4.69, 9.17) is 0 Å². The first-order chi connectivity index (χ1) is 13.4. The van der Waals surface area contributed by atoms with E-state index in [1.165, 1.54) is 35.5 Å². The summed E-state index contributed by atoms with van der Waals surface area (Å²) in [5, 5.41) is 0. The van der Waals surface area contributed by atoms with Gasteiger partial charge in [-0.3, -0.25) is 9.03 Å². The summed E-state index contributed by atoms with van der Waals surface area (Å²) in [6.07, 6.45) is -3.32. The minimum absolute atomic E-state index is 0.0310. The number of sulfonamides is 2. The molecule has 0 spiro atoms. The molecular weight excluding hydrogens is 429 g/mol. The van der Waals surface area contributed by atoms with Crippen molar-refractivity contribution in [1.82, 2.24) is 0 Å². The van der Waals surface area contributed by atoms with Crippen LogP contribution < -0.4 is 9.03 Å². The molecule has 3 rings (SSSR count). The number of nitrogens with zero attached hydrogens (tertiary/aromatic N) is 1. The zero-order valence-corrected chi connectivity index (χ0v) is 17.0. The molecule has 1 saturated heterocycles. The fraction of sp³-hybridized carbons (Fsp3) is 0.333. The third-order valence-electron chi connectivity index (χ3n) is 4.53. The molecule has 0 aromatic heterocycles. The van der Waals surface area contributed by atoms with Crippen molar-refractivity contribution < 1.29 is 30.0 Å². The van der Waals surface area contributed by atoms with E-state index in [2.05, 4.69) is 4.72 Å². The lowest BCUT2D eigenvalue weighted by molar-refractivity contribution is -0.137. The molecule has 11 heteroatoms. The van der Waals surface area contributed by atoms with E-state index in [0.29, 0.717) is 31.1 Å². The van der Waals surface area contributed by atoms with Crippen molar-refractivity contribution in [3.05, 3.63) is 53.6 Å². The Bertz CT molecular complexity index is 1130. The van der Waals surface area contributed by atoms with Gasteiger partial charge in [0.05, 0.1) is 21.9 Å². The quantitative estimate of drug-likeness (QED) is 0.772. The predicted octanol–water partition coefficient (Wildman–Crippen LogP) is 3.74. The Kier molecular flexibility index (Phi) is 5.56. The Balaban J connectivity index is 1.90. The van der Waals surface area contributed by atoms with Gasteiger partial charge < -0.3 is 0 Å². The molecule has 0 radical (unpaired) electrons. The van der Waals surface area contributed by atoms with Crippen molar-refractivity contribution in [2.75, 3.05) is 21.3 Å². The van der Waals surface area contributed by atoms with Gasteiger partial charge in [-0.25, -0.2) is 16.8 Å². The Morgan fingerprint density at radius 3 is 2.41 bits per heavy atom.